The van der Waals surface area contributed by atoms with Crippen LogP contribution in [0.25, 0.3) is 0 Å². The zero-order valence-corrected chi connectivity index (χ0v) is 12.2. The third-order valence-corrected chi connectivity index (χ3v) is 5.29. The van der Waals surface area contributed by atoms with E-state index in [1.54, 1.807) is 0 Å². The fraction of sp³-hybridized carbons (Fsp3) is 0.615. The Morgan fingerprint density at radius 3 is 3.00 bits per heavy atom. The van der Waals surface area contributed by atoms with E-state index >= 15 is 0 Å². The van der Waals surface area contributed by atoms with Crippen molar-refractivity contribution in [2.45, 2.75) is 25.0 Å². The molecule has 1 aliphatic rings. The Balaban J connectivity index is 1.61. The third-order valence-electron chi connectivity index (χ3n) is 2.86. The van der Waals surface area contributed by atoms with E-state index < -0.39 is 0 Å². The molecule has 0 aliphatic carbocycles. The fourth-order valence-electron chi connectivity index (χ4n) is 1.87. The van der Waals surface area contributed by atoms with Gasteiger partial charge >= 0.3 is 0 Å². The molecule has 2 rings (SSSR count). The molecule has 1 N–H and O–H groups in total. The Kier molecular flexibility index (Phi) is 5.53. The molecule has 18 heavy (non-hydrogen) atoms. The topological polar surface area (TPSA) is 38.3 Å². The second-order valence-corrected chi connectivity index (χ2v) is 6.75. The highest BCUT2D eigenvalue weighted by atomic mass is 32.2. The molecular formula is C13H19NO2S2. The highest BCUT2D eigenvalue weighted by molar-refractivity contribution is 7.99. The van der Waals surface area contributed by atoms with E-state index in [1.165, 1.54) is 11.3 Å². The number of amides is 1. The second-order valence-electron chi connectivity index (χ2n) is 4.43. The molecule has 1 aromatic rings. The summed E-state index contributed by atoms with van der Waals surface area (Å²) in [5.41, 5.74) is 1.15. The fourth-order valence-corrected chi connectivity index (χ4v) is 3.76. The van der Waals surface area contributed by atoms with Gasteiger partial charge in [-0.15, -0.1) is 11.3 Å². The van der Waals surface area contributed by atoms with Crippen LogP contribution >= 0.6 is 23.1 Å². The predicted molar refractivity (Wildman–Crippen MR) is 77.7 cm³/mol. The lowest BCUT2D eigenvalue weighted by Gasteiger charge is -2.21. The van der Waals surface area contributed by atoms with Gasteiger partial charge in [-0.1, -0.05) is 0 Å². The van der Waals surface area contributed by atoms with Crippen molar-refractivity contribution in [2.24, 2.45) is 0 Å². The van der Waals surface area contributed by atoms with Crippen LogP contribution in [0.5, 0.6) is 0 Å². The largest absolute Gasteiger partial charge is 0.381 e. The van der Waals surface area contributed by atoms with Gasteiger partial charge in [-0.05, 0) is 36.8 Å². The van der Waals surface area contributed by atoms with Crippen LogP contribution in [-0.4, -0.2) is 36.7 Å². The first kappa shape index (κ1) is 13.9. The molecule has 0 bridgehead atoms. The van der Waals surface area contributed by atoms with Gasteiger partial charge in [0.05, 0.1) is 4.88 Å². The van der Waals surface area contributed by atoms with Gasteiger partial charge in [-0.2, -0.15) is 11.8 Å². The SMILES string of the molecule is Cc1csc(C(=O)NCCSC2CCOCC2)c1. The van der Waals surface area contributed by atoms with Crippen LogP contribution in [0.1, 0.15) is 28.1 Å². The number of thiophene rings is 1. The average molecular weight is 285 g/mol. The van der Waals surface area contributed by atoms with Crippen molar-refractivity contribution in [3.05, 3.63) is 21.9 Å². The molecule has 3 nitrogen and oxygen atoms in total. The summed E-state index contributed by atoms with van der Waals surface area (Å²) in [6, 6.07) is 1.94. The molecule has 1 amide bonds. The van der Waals surface area contributed by atoms with Crippen LogP contribution in [-0.2, 0) is 4.74 Å². The third kappa shape index (κ3) is 4.30. The lowest BCUT2D eigenvalue weighted by atomic mass is 10.2. The van der Waals surface area contributed by atoms with Crippen LogP contribution in [0, 0.1) is 6.92 Å². The smallest absolute Gasteiger partial charge is 0.261 e. The standard InChI is InChI=1S/C13H19NO2S2/c1-10-8-12(18-9-10)13(15)14-4-7-17-11-2-5-16-6-3-11/h8-9,11H,2-7H2,1H3,(H,14,15). The zero-order valence-electron chi connectivity index (χ0n) is 10.6. The molecule has 1 fully saturated rings. The number of hydrogen-bond acceptors (Lipinski definition) is 4. The molecule has 0 atom stereocenters. The second kappa shape index (κ2) is 7.16. The molecular weight excluding hydrogens is 266 g/mol. The summed E-state index contributed by atoms with van der Waals surface area (Å²) in [4.78, 5) is 12.6. The van der Waals surface area contributed by atoms with Crippen molar-refractivity contribution in [3.8, 4) is 0 Å². The molecule has 0 saturated carbocycles. The first-order valence-corrected chi connectivity index (χ1v) is 8.21. The van der Waals surface area contributed by atoms with Crippen molar-refractivity contribution >= 4 is 29.0 Å². The molecule has 1 aromatic heterocycles. The highest BCUT2D eigenvalue weighted by Gasteiger charge is 2.14. The first-order valence-electron chi connectivity index (χ1n) is 6.28. The van der Waals surface area contributed by atoms with Crippen molar-refractivity contribution in [3.63, 3.8) is 0 Å². The summed E-state index contributed by atoms with van der Waals surface area (Å²) in [6.07, 6.45) is 2.28. The van der Waals surface area contributed by atoms with E-state index in [1.807, 2.05) is 30.1 Å². The van der Waals surface area contributed by atoms with Crippen LogP contribution in [0.15, 0.2) is 11.4 Å². The van der Waals surface area contributed by atoms with Crippen molar-refractivity contribution in [1.82, 2.24) is 5.32 Å². The van der Waals surface area contributed by atoms with Gasteiger partial charge in [-0.3, -0.25) is 4.79 Å². The van der Waals surface area contributed by atoms with Crippen LogP contribution in [0.3, 0.4) is 0 Å². The van der Waals surface area contributed by atoms with E-state index in [4.69, 9.17) is 4.74 Å². The van der Waals surface area contributed by atoms with Crippen molar-refractivity contribution < 1.29 is 9.53 Å². The summed E-state index contributed by atoms with van der Waals surface area (Å²) < 4.78 is 5.32. The molecule has 0 radical (unpaired) electrons. The van der Waals surface area contributed by atoms with Gasteiger partial charge in [0, 0.05) is 30.8 Å². The summed E-state index contributed by atoms with van der Waals surface area (Å²) in [5.74, 6) is 1.04. The van der Waals surface area contributed by atoms with Gasteiger partial charge in [0.1, 0.15) is 0 Å². The minimum atomic E-state index is 0.0562. The summed E-state index contributed by atoms with van der Waals surface area (Å²) in [7, 11) is 0. The molecule has 5 heteroatoms. The summed E-state index contributed by atoms with van der Waals surface area (Å²) in [5, 5.41) is 5.68. The number of aryl methyl sites for hydroxylation is 1. The summed E-state index contributed by atoms with van der Waals surface area (Å²) in [6.45, 7) is 4.53. The number of rotatable bonds is 5. The molecule has 1 aliphatic heterocycles. The van der Waals surface area contributed by atoms with E-state index in [2.05, 4.69) is 5.32 Å². The van der Waals surface area contributed by atoms with Gasteiger partial charge in [0.15, 0.2) is 0 Å². The molecule has 0 aromatic carbocycles. The number of thioether (sulfide) groups is 1. The van der Waals surface area contributed by atoms with Crippen LogP contribution in [0.2, 0.25) is 0 Å². The van der Waals surface area contributed by atoms with Crippen molar-refractivity contribution in [2.75, 3.05) is 25.5 Å². The lowest BCUT2D eigenvalue weighted by Crippen LogP contribution is -2.26. The van der Waals surface area contributed by atoms with Crippen LogP contribution in [0.4, 0.5) is 0 Å². The zero-order chi connectivity index (χ0) is 12.8. The molecule has 100 valence electrons. The van der Waals surface area contributed by atoms with Gasteiger partial charge < -0.3 is 10.1 Å². The van der Waals surface area contributed by atoms with Crippen LogP contribution < -0.4 is 5.32 Å². The predicted octanol–water partition coefficient (Wildman–Crippen LogP) is 2.70. The quantitative estimate of drug-likeness (QED) is 0.845. The summed E-state index contributed by atoms with van der Waals surface area (Å²) >= 11 is 3.46. The monoisotopic (exact) mass is 285 g/mol. The maximum absolute atomic E-state index is 11.8. The lowest BCUT2D eigenvalue weighted by molar-refractivity contribution is 0.0959. The molecule has 0 spiro atoms. The van der Waals surface area contributed by atoms with Gasteiger partial charge in [0.2, 0.25) is 0 Å². The number of carbonyl (C=O) groups excluding carboxylic acids is 1. The molecule has 2 heterocycles. The number of ether oxygens (including phenoxy) is 1. The minimum absolute atomic E-state index is 0.0562. The van der Waals surface area contributed by atoms with E-state index in [-0.39, 0.29) is 5.91 Å². The van der Waals surface area contributed by atoms with Gasteiger partial charge in [0.25, 0.3) is 5.91 Å². The average Bonchev–Trinajstić information content (AvgIpc) is 2.82. The Morgan fingerprint density at radius 1 is 1.56 bits per heavy atom. The van der Waals surface area contributed by atoms with Crippen molar-refractivity contribution in [1.29, 1.82) is 0 Å². The van der Waals surface area contributed by atoms with E-state index in [0.717, 1.165) is 48.8 Å². The number of carbonyl (C=O) groups is 1. The first-order chi connectivity index (χ1) is 8.75. The Labute approximate surface area is 116 Å². The number of hydrogen-bond donors (Lipinski definition) is 1. The maximum Gasteiger partial charge on any atom is 0.261 e. The van der Waals surface area contributed by atoms with E-state index in [9.17, 15) is 4.79 Å². The van der Waals surface area contributed by atoms with Gasteiger partial charge in [-0.25, -0.2) is 0 Å². The normalized spacial score (nSPS) is 16.7. The minimum Gasteiger partial charge on any atom is -0.381 e. The Morgan fingerprint density at radius 2 is 2.33 bits per heavy atom. The molecule has 0 unspecified atom stereocenters. The highest BCUT2D eigenvalue weighted by Crippen LogP contribution is 2.21. The Hall–Kier alpha value is -0.520. The molecule has 1 saturated heterocycles. The maximum atomic E-state index is 11.8. The Bertz CT molecular complexity index is 386. The van der Waals surface area contributed by atoms with E-state index in [0.29, 0.717) is 5.25 Å². The number of nitrogens with one attached hydrogen (secondary N) is 1.